The number of amides is 1. The van der Waals surface area contributed by atoms with Gasteiger partial charge in [-0.3, -0.25) is 14.5 Å². The molecule has 1 saturated heterocycles. The summed E-state index contributed by atoms with van der Waals surface area (Å²) in [5, 5.41) is 16.8. The van der Waals surface area contributed by atoms with Gasteiger partial charge in [0.15, 0.2) is 0 Å². The number of carbonyl (C=O) groups excluding carboxylic acids is 1. The number of aliphatic carboxylic acids is 1. The summed E-state index contributed by atoms with van der Waals surface area (Å²) in [6.45, 7) is 1.93. The van der Waals surface area contributed by atoms with Crippen molar-refractivity contribution in [2.45, 2.75) is 19.4 Å². The van der Waals surface area contributed by atoms with Gasteiger partial charge in [0.25, 0.3) is 0 Å². The predicted molar refractivity (Wildman–Crippen MR) is 98.2 cm³/mol. The van der Waals surface area contributed by atoms with E-state index in [0.717, 1.165) is 5.56 Å². The van der Waals surface area contributed by atoms with Crippen molar-refractivity contribution < 1.29 is 14.7 Å². The first-order chi connectivity index (χ1) is 12.5. The molecule has 2 aromatic rings. The molecule has 1 fully saturated rings. The first-order valence-corrected chi connectivity index (χ1v) is 8.91. The third-order valence-electron chi connectivity index (χ3n) is 4.57. The van der Waals surface area contributed by atoms with Crippen LogP contribution in [0.4, 0.5) is 5.82 Å². The number of aromatic nitrogens is 2. The van der Waals surface area contributed by atoms with Crippen LogP contribution >= 0.6 is 11.6 Å². The van der Waals surface area contributed by atoms with Crippen LogP contribution in [-0.2, 0) is 16.1 Å². The summed E-state index contributed by atoms with van der Waals surface area (Å²) in [5.74, 6) is -0.584. The van der Waals surface area contributed by atoms with Crippen LogP contribution in [0.1, 0.15) is 18.4 Å². The van der Waals surface area contributed by atoms with E-state index in [9.17, 15) is 9.59 Å². The maximum atomic E-state index is 12.3. The first-order valence-electron chi connectivity index (χ1n) is 8.53. The van der Waals surface area contributed by atoms with E-state index in [1.165, 1.54) is 0 Å². The molecule has 138 valence electrons. The highest BCUT2D eigenvalue weighted by atomic mass is 35.5. The van der Waals surface area contributed by atoms with E-state index in [2.05, 4.69) is 10.4 Å². The van der Waals surface area contributed by atoms with Gasteiger partial charge in [0.2, 0.25) is 5.91 Å². The number of carbonyl (C=O) groups is 2. The van der Waals surface area contributed by atoms with E-state index in [1.807, 2.05) is 29.2 Å². The van der Waals surface area contributed by atoms with E-state index in [-0.39, 0.29) is 18.4 Å². The van der Waals surface area contributed by atoms with E-state index in [0.29, 0.717) is 43.3 Å². The molecule has 0 unspecified atom stereocenters. The number of benzene rings is 1. The molecule has 1 aromatic heterocycles. The Morgan fingerprint density at radius 2 is 1.96 bits per heavy atom. The van der Waals surface area contributed by atoms with Crippen molar-refractivity contribution in [3.05, 3.63) is 47.1 Å². The van der Waals surface area contributed by atoms with Gasteiger partial charge >= 0.3 is 5.97 Å². The first kappa shape index (κ1) is 18.4. The minimum Gasteiger partial charge on any atom is -0.481 e. The Morgan fingerprint density at radius 3 is 2.65 bits per heavy atom. The molecule has 7 nitrogen and oxygen atoms in total. The maximum Gasteiger partial charge on any atom is 0.306 e. The van der Waals surface area contributed by atoms with E-state index >= 15 is 0 Å². The number of nitrogens with one attached hydrogen (secondary N) is 1. The number of anilines is 1. The van der Waals surface area contributed by atoms with Crippen LogP contribution in [0.25, 0.3) is 0 Å². The largest absolute Gasteiger partial charge is 0.481 e. The standard InChI is InChI=1S/C18H21ClN4O3/c19-15-4-2-1-3-14(15)11-23-16(5-8-20-23)21-17(24)12-22-9-6-13(7-10-22)18(25)26/h1-5,8,13H,6-7,9-12H2,(H,21,24)(H,25,26). The zero-order valence-electron chi connectivity index (χ0n) is 14.3. The Kier molecular flexibility index (Phi) is 5.90. The molecule has 0 radical (unpaired) electrons. The smallest absolute Gasteiger partial charge is 0.306 e. The Bertz CT molecular complexity index is 784. The number of hydrogen-bond acceptors (Lipinski definition) is 4. The fraction of sp³-hybridized carbons (Fsp3) is 0.389. The molecule has 26 heavy (non-hydrogen) atoms. The molecular formula is C18H21ClN4O3. The van der Waals surface area contributed by atoms with Crippen LogP contribution in [0.2, 0.25) is 5.02 Å². The second kappa shape index (κ2) is 8.33. The van der Waals surface area contributed by atoms with Gasteiger partial charge in [0.05, 0.1) is 25.2 Å². The number of piperidine rings is 1. The van der Waals surface area contributed by atoms with Gasteiger partial charge in [-0.1, -0.05) is 29.8 Å². The maximum absolute atomic E-state index is 12.3. The Morgan fingerprint density at radius 1 is 1.23 bits per heavy atom. The van der Waals surface area contributed by atoms with Crippen LogP contribution in [0.3, 0.4) is 0 Å². The van der Waals surface area contributed by atoms with Gasteiger partial charge in [-0.05, 0) is 37.6 Å². The molecule has 1 aliphatic heterocycles. The minimum atomic E-state index is -0.752. The number of hydrogen-bond donors (Lipinski definition) is 2. The van der Waals surface area contributed by atoms with Gasteiger partial charge in [-0.15, -0.1) is 0 Å². The summed E-state index contributed by atoms with van der Waals surface area (Å²) in [7, 11) is 0. The number of rotatable bonds is 6. The third-order valence-corrected chi connectivity index (χ3v) is 4.93. The average Bonchev–Trinajstić information content (AvgIpc) is 3.04. The molecule has 0 saturated carbocycles. The summed E-state index contributed by atoms with van der Waals surface area (Å²) in [6.07, 6.45) is 2.78. The molecule has 2 heterocycles. The number of halogens is 1. The Labute approximate surface area is 156 Å². The summed E-state index contributed by atoms with van der Waals surface area (Å²) in [6, 6.07) is 9.25. The molecule has 8 heteroatoms. The van der Waals surface area contributed by atoms with Crippen LogP contribution in [-0.4, -0.2) is 51.3 Å². The number of carboxylic acids is 1. The minimum absolute atomic E-state index is 0.139. The highest BCUT2D eigenvalue weighted by Gasteiger charge is 2.25. The predicted octanol–water partition coefficient (Wildman–Crippen LogP) is 2.32. The highest BCUT2D eigenvalue weighted by Crippen LogP contribution is 2.19. The van der Waals surface area contributed by atoms with E-state index < -0.39 is 5.97 Å². The van der Waals surface area contributed by atoms with Crippen LogP contribution < -0.4 is 5.32 Å². The zero-order valence-corrected chi connectivity index (χ0v) is 15.0. The van der Waals surface area contributed by atoms with Crippen molar-refractivity contribution in [1.29, 1.82) is 0 Å². The zero-order chi connectivity index (χ0) is 18.5. The van der Waals surface area contributed by atoms with Crippen LogP contribution in [0.5, 0.6) is 0 Å². The van der Waals surface area contributed by atoms with Crippen molar-refractivity contribution in [1.82, 2.24) is 14.7 Å². The number of carboxylic acid groups (broad SMARTS) is 1. The monoisotopic (exact) mass is 376 g/mol. The van der Waals surface area contributed by atoms with E-state index in [4.69, 9.17) is 16.7 Å². The summed E-state index contributed by atoms with van der Waals surface area (Å²) >= 11 is 6.19. The lowest BCUT2D eigenvalue weighted by atomic mass is 9.97. The van der Waals surface area contributed by atoms with Gasteiger partial charge in [0, 0.05) is 11.1 Å². The molecule has 1 amide bonds. The molecule has 0 bridgehead atoms. The second-order valence-electron chi connectivity index (χ2n) is 6.40. The average molecular weight is 377 g/mol. The lowest BCUT2D eigenvalue weighted by Gasteiger charge is -2.29. The van der Waals surface area contributed by atoms with Crippen molar-refractivity contribution in [2.24, 2.45) is 5.92 Å². The number of likely N-dealkylation sites (tertiary alicyclic amines) is 1. The van der Waals surface area contributed by atoms with Crippen LogP contribution in [0.15, 0.2) is 36.5 Å². The van der Waals surface area contributed by atoms with Gasteiger partial charge in [0.1, 0.15) is 5.82 Å². The molecular weight excluding hydrogens is 356 g/mol. The molecule has 2 N–H and O–H groups in total. The SMILES string of the molecule is O=C(CN1CCC(C(=O)O)CC1)Nc1ccnn1Cc1ccccc1Cl. The van der Waals surface area contributed by atoms with Gasteiger partial charge in [-0.2, -0.15) is 5.10 Å². The third kappa shape index (κ3) is 4.62. The Hall–Kier alpha value is -2.38. The molecule has 0 spiro atoms. The van der Waals surface area contributed by atoms with E-state index in [1.54, 1.807) is 16.9 Å². The van der Waals surface area contributed by atoms with Crippen LogP contribution in [0, 0.1) is 5.92 Å². The van der Waals surface area contributed by atoms with Crippen molar-refractivity contribution in [3.8, 4) is 0 Å². The lowest BCUT2D eigenvalue weighted by molar-refractivity contribution is -0.143. The summed E-state index contributed by atoms with van der Waals surface area (Å²) in [4.78, 5) is 25.3. The quantitative estimate of drug-likeness (QED) is 0.807. The summed E-state index contributed by atoms with van der Waals surface area (Å²) in [5.41, 5.74) is 0.920. The molecule has 0 atom stereocenters. The molecule has 0 aliphatic carbocycles. The van der Waals surface area contributed by atoms with Crippen molar-refractivity contribution in [3.63, 3.8) is 0 Å². The molecule has 1 aliphatic rings. The topological polar surface area (TPSA) is 87.5 Å². The second-order valence-corrected chi connectivity index (χ2v) is 6.81. The highest BCUT2D eigenvalue weighted by molar-refractivity contribution is 6.31. The normalized spacial score (nSPS) is 15.7. The summed E-state index contributed by atoms with van der Waals surface area (Å²) < 4.78 is 1.69. The fourth-order valence-corrected chi connectivity index (χ4v) is 3.27. The molecule has 3 rings (SSSR count). The van der Waals surface area contributed by atoms with Gasteiger partial charge < -0.3 is 10.4 Å². The fourth-order valence-electron chi connectivity index (χ4n) is 3.08. The van der Waals surface area contributed by atoms with Crippen molar-refractivity contribution in [2.75, 3.05) is 25.0 Å². The van der Waals surface area contributed by atoms with Gasteiger partial charge in [-0.25, -0.2) is 4.68 Å². The van der Waals surface area contributed by atoms with Crippen molar-refractivity contribution >= 4 is 29.3 Å². The number of nitrogens with zero attached hydrogens (tertiary/aromatic N) is 3. The Balaban J connectivity index is 1.55. The lowest BCUT2D eigenvalue weighted by Crippen LogP contribution is -2.40. The molecule has 1 aromatic carbocycles.